The van der Waals surface area contributed by atoms with Gasteiger partial charge in [0.2, 0.25) is 5.91 Å². The Hall–Kier alpha value is -3.30. The Labute approximate surface area is 157 Å². The van der Waals surface area contributed by atoms with E-state index in [2.05, 4.69) is 15.2 Å². The van der Waals surface area contributed by atoms with Crippen molar-refractivity contribution in [1.82, 2.24) is 19.5 Å². The van der Waals surface area contributed by atoms with E-state index in [-0.39, 0.29) is 12.3 Å². The smallest absolute Gasteiger partial charge is 0.406 e. The Kier molecular flexibility index (Phi) is 5.12. The highest BCUT2D eigenvalue weighted by Crippen LogP contribution is 2.24. The predicted octanol–water partition coefficient (Wildman–Crippen LogP) is 2.58. The maximum Gasteiger partial charge on any atom is 0.573 e. The summed E-state index contributed by atoms with van der Waals surface area (Å²) < 4.78 is 42.9. The van der Waals surface area contributed by atoms with Crippen molar-refractivity contribution in [3.05, 3.63) is 64.3 Å². The number of hydrogen-bond donors (Lipinski definition) is 1. The first kappa shape index (κ1) is 19.5. The van der Waals surface area contributed by atoms with Gasteiger partial charge in [-0.15, -0.1) is 13.2 Å². The van der Waals surface area contributed by atoms with Crippen LogP contribution < -0.4 is 15.7 Å². The van der Waals surface area contributed by atoms with Gasteiger partial charge >= 0.3 is 12.1 Å². The molecule has 0 saturated heterocycles. The van der Waals surface area contributed by atoms with Crippen molar-refractivity contribution in [3.63, 3.8) is 0 Å². The van der Waals surface area contributed by atoms with Crippen LogP contribution in [0, 0.1) is 6.92 Å². The van der Waals surface area contributed by atoms with Crippen molar-refractivity contribution in [2.45, 2.75) is 32.8 Å². The lowest BCUT2D eigenvalue weighted by Gasteiger charge is -2.16. The van der Waals surface area contributed by atoms with Crippen LogP contribution in [0.4, 0.5) is 13.2 Å². The molecule has 1 N–H and O–H groups in total. The minimum Gasteiger partial charge on any atom is -0.406 e. The van der Waals surface area contributed by atoms with E-state index in [4.69, 9.17) is 0 Å². The first-order valence-corrected chi connectivity index (χ1v) is 8.33. The molecule has 1 atom stereocenters. The van der Waals surface area contributed by atoms with Crippen LogP contribution in [0.2, 0.25) is 0 Å². The van der Waals surface area contributed by atoms with Crippen molar-refractivity contribution in [2.24, 2.45) is 0 Å². The summed E-state index contributed by atoms with van der Waals surface area (Å²) in [4.78, 5) is 24.7. The molecule has 0 fully saturated rings. The lowest BCUT2D eigenvalue weighted by Crippen LogP contribution is -2.37. The van der Waals surface area contributed by atoms with Gasteiger partial charge in [0.1, 0.15) is 12.3 Å². The van der Waals surface area contributed by atoms with Gasteiger partial charge in [-0.25, -0.2) is 9.48 Å². The van der Waals surface area contributed by atoms with Gasteiger partial charge in [0.05, 0.1) is 17.8 Å². The monoisotopic (exact) mass is 394 g/mol. The molecular formula is C18H17F3N4O3. The average Bonchev–Trinajstić information content (AvgIpc) is 2.98. The van der Waals surface area contributed by atoms with Crippen molar-refractivity contribution in [1.29, 1.82) is 0 Å². The molecule has 28 heavy (non-hydrogen) atoms. The molecule has 10 heteroatoms. The number of carbonyl (C=O) groups excluding carboxylic acids is 1. The summed E-state index contributed by atoms with van der Waals surface area (Å²) in [5.41, 5.74) is 1.51. The number of fused-ring (bicyclic) bond motifs is 1. The molecule has 0 radical (unpaired) electrons. The first-order valence-electron chi connectivity index (χ1n) is 8.33. The number of halogens is 3. The fraction of sp³-hybridized carbons (Fsp3) is 0.278. The molecule has 2 aromatic heterocycles. The lowest BCUT2D eigenvalue weighted by molar-refractivity contribution is -0.274. The number of ether oxygens (including phenoxy) is 1. The number of nitrogens with zero attached hydrogens (tertiary/aromatic N) is 3. The molecule has 2 heterocycles. The zero-order valence-electron chi connectivity index (χ0n) is 15.0. The fourth-order valence-corrected chi connectivity index (χ4v) is 2.79. The van der Waals surface area contributed by atoms with Gasteiger partial charge in [0.25, 0.3) is 0 Å². The van der Waals surface area contributed by atoms with E-state index < -0.39 is 24.0 Å². The zero-order valence-corrected chi connectivity index (χ0v) is 15.0. The standard InChI is InChI=1S/C18H17F3N4O3/c1-11-3-6-14-9-22-24(17(27)25(11)14)10-16(26)23-12(2)13-4-7-15(8-5-13)28-18(19,20)21/h3-9,12H,10H2,1-2H3,(H,23,26)/t12-/m0/s1. The maximum atomic E-state index is 12.4. The highest BCUT2D eigenvalue weighted by atomic mass is 19.4. The van der Waals surface area contributed by atoms with E-state index in [0.717, 1.165) is 10.4 Å². The average molecular weight is 394 g/mol. The topological polar surface area (TPSA) is 77.6 Å². The summed E-state index contributed by atoms with van der Waals surface area (Å²) in [6, 6.07) is 8.22. The predicted molar refractivity (Wildman–Crippen MR) is 93.9 cm³/mol. The fourth-order valence-electron chi connectivity index (χ4n) is 2.79. The van der Waals surface area contributed by atoms with Crippen molar-refractivity contribution in [3.8, 4) is 5.75 Å². The largest absolute Gasteiger partial charge is 0.573 e. The highest BCUT2D eigenvalue weighted by molar-refractivity contribution is 5.76. The van der Waals surface area contributed by atoms with E-state index in [1.54, 1.807) is 26.0 Å². The van der Waals surface area contributed by atoms with Crippen LogP contribution in [0.5, 0.6) is 5.75 Å². The second-order valence-electron chi connectivity index (χ2n) is 6.23. The van der Waals surface area contributed by atoms with Crippen LogP contribution in [0.15, 0.2) is 47.4 Å². The number of benzene rings is 1. The van der Waals surface area contributed by atoms with Gasteiger partial charge in [0, 0.05) is 5.69 Å². The number of carbonyl (C=O) groups is 1. The Morgan fingerprint density at radius 3 is 2.54 bits per heavy atom. The second-order valence-corrected chi connectivity index (χ2v) is 6.23. The Morgan fingerprint density at radius 2 is 1.89 bits per heavy atom. The first-order chi connectivity index (χ1) is 13.1. The number of nitrogens with one attached hydrogen (secondary N) is 1. The Morgan fingerprint density at radius 1 is 1.21 bits per heavy atom. The molecule has 0 bridgehead atoms. The quantitative estimate of drug-likeness (QED) is 0.722. The SMILES string of the molecule is Cc1ccc2cnn(CC(=O)N[C@@H](C)c3ccc(OC(F)(F)F)cc3)c(=O)n12. The van der Waals surface area contributed by atoms with E-state index in [9.17, 15) is 22.8 Å². The molecule has 0 saturated carbocycles. The molecule has 0 unspecified atom stereocenters. The molecule has 7 nitrogen and oxygen atoms in total. The molecule has 0 aliphatic carbocycles. The van der Waals surface area contributed by atoms with Crippen LogP contribution in [0.1, 0.15) is 24.2 Å². The molecule has 148 valence electrons. The summed E-state index contributed by atoms with van der Waals surface area (Å²) in [5.74, 6) is -0.803. The van der Waals surface area contributed by atoms with E-state index in [0.29, 0.717) is 11.1 Å². The normalized spacial score (nSPS) is 12.8. The summed E-state index contributed by atoms with van der Waals surface area (Å²) >= 11 is 0. The van der Waals surface area contributed by atoms with Gasteiger partial charge in [0.15, 0.2) is 0 Å². The number of aromatic nitrogens is 3. The summed E-state index contributed by atoms with van der Waals surface area (Å²) in [7, 11) is 0. The van der Waals surface area contributed by atoms with Crippen molar-refractivity contribution < 1.29 is 22.7 Å². The third kappa shape index (κ3) is 4.33. The minimum atomic E-state index is -4.76. The van der Waals surface area contributed by atoms with E-state index >= 15 is 0 Å². The molecule has 1 amide bonds. The van der Waals surface area contributed by atoms with Crippen LogP contribution in [0.25, 0.3) is 5.52 Å². The summed E-state index contributed by atoms with van der Waals surface area (Å²) in [6.45, 7) is 3.16. The molecule has 0 spiro atoms. The third-order valence-corrected chi connectivity index (χ3v) is 4.13. The highest BCUT2D eigenvalue weighted by Gasteiger charge is 2.31. The Bertz CT molecular complexity index is 1050. The molecule has 3 rings (SSSR count). The van der Waals surface area contributed by atoms with Crippen molar-refractivity contribution in [2.75, 3.05) is 0 Å². The number of alkyl halides is 3. The molecule has 0 aliphatic heterocycles. The van der Waals surface area contributed by atoms with Crippen molar-refractivity contribution >= 4 is 11.4 Å². The minimum absolute atomic E-state index is 0.286. The molecule has 0 aliphatic rings. The third-order valence-electron chi connectivity index (χ3n) is 4.13. The number of amides is 1. The van der Waals surface area contributed by atoms with Crippen LogP contribution in [-0.4, -0.2) is 26.5 Å². The zero-order chi connectivity index (χ0) is 20.5. The molecular weight excluding hydrogens is 377 g/mol. The van der Waals surface area contributed by atoms with Gasteiger partial charge in [-0.2, -0.15) is 5.10 Å². The van der Waals surface area contributed by atoms with E-state index in [1.807, 2.05) is 0 Å². The maximum absolute atomic E-state index is 12.4. The second kappa shape index (κ2) is 7.37. The van der Waals surface area contributed by atoms with Crippen LogP contribution >= 0.6 is 0 Å². The lowest BCUT2D eigenvalue weighted by atomic mass is 10.1. The van der Waals surface area contributed by atoms with Gasteiger partial charge in [-0.1, -0.05) is 12.1 Å². The van der Waals surface area contributed by atoms with Crippen LogP contribution in [-0.2, 0) is 11.3 Å². The molecule has 1 aromatic carbocycles. The number of rotatable bonds is 5. The number of hydrogen-bond acceptors (Lipinski definition) is 4. The Balaban J connectivity index is 1.67. The van der Waals surface area contributed by atoms with Crippen LogP contribution in [0.3, 0.4) is 0 Å². The molecule has 3 aromatic rings. The summed E-state index contributed by atoms with van der Waals surface area (Å²) in [6.07, 6.45) is -3.27. The summed E-state index contributed by atoms with van der Waals surface area (Å²) in [5, 5.41) is 6.67. The van der Waals surface area contributed by atoms with Gasteiger partial charge < -0.3 is 10.1 Å². The number of aryl methyl sites for hydroxylation is 1. The van der Waals surface area contributed by atoms with E-state index in [1.165, 1.54) is 34.9 Å². The van der Waals surface area contributed by atoms with Gasteiger partial charge in [-0.05, 0) is 43.7 Å². The van der Waals surface area contributed by atoms with Gasteiger partial charge in [-0.3, -0.25) is 9.20 Å².